The van der Waals surface area contributed by atoms with Gasteiger partial charge in [0.05, 0.1) is 6.07 Å². The van der Waals surface area contributed by atoms with Crippen LogP contribution in [0, 0.1) is 11.3 Å². The molecule has 1 heterocycles. The zero-order chi connectivity index (χ0) is 13.1. The van der Waals surface area contributed by atoms with Gasteiger partial charge in [-0.25, -0.2) is 0 Å². The Morgan fingerprint density at radius 1 is 1.44 bits per heavy atom. The molecule has 0 radical (unpaired) electrons. The van der Waals surface area contributed by atoms with Crippen molar-refractivity contribution in [2.24, 2.45) is 0 Å². The van der Waals surface area contributed by atoms with E-state index in [1.807, 2.05) is 12.3 Å². The summed E-state index contributed by atoms with van der Waals surface area (Å²) in [5.41, 5.74) is 1.21. The minimum atomic E-state index is 0.585. The van der Waals surface area contributed by atoms with Crippen molar-refractivity contribution in [1.82, 2.24) is 15.2 Å². The van der Waals surface area contributed by atoms with Gasteiger partial charge in [0.1, 0.15) is 0 Å². The zero-order valence-corrected chi connectivity index (χ0v) is 11.1. The summed E-state index contributed by atoms with van der Waals surface area (Å²) in [4.78, 5) is 6.44. The standard InChI is InChI=1S/C14H22N4/c1-2-16-9-5-11-18(10-4-7-15)13-14-6-3-8-17-12-14/h3,6,8,12,16H,2,4-5,9-11,13H2,1H3. The first-order chi connectivity index (χ1) is 8.86. The van der Waals surface area contributed by atoms with Crippen LogP contribution in [-0.2, 0) is 6.54 Å². The van der Waals surface area contributed by atoms with E-state index in [1.54, 1.807) is 6.20 Å². The van der Waals surface area contributed by atoms with Crippen molar-refractivity contribution in [3.05, 3.63) is 30.1 Å². The van der Waals surface area contributed by atoms with E-state index in [4.69, 9.17) is 5.26 Å². The molecule has 4 heteroatoms. The minimum Gasteiger partial charge on any atom is -0.317 e. The van der Waals surface area contributed by atoms with E-state index in [2.05, 4.69) is 34.3 Å². The maximum absolute atomic E-state index is 8.69. The van der Waals surface area contributed by atoms with Crippen LogP contribution in [0.1, 0.15) is 25.3 Å². The third-order valence-corrected chi connectivity index (χ3v) is 2.75. The number of rotatable bonds is 9. The second-order valence-corrected chi connectivity index (χ2v) is 4.25. The summed E-state index contributed by atoms with van der Waals surface area (Å²) in [6, 6.07) is 6.25. The number of hydrogen-bond acceptors (Lipinski definition) is 4. The molecule has 0 aliphatic rings. The molecule has 98 valence electrons. The highest BCUT2D eigenvalue weighted by atomic mass is 15.1. The lowest BCUT2D eigenvalue weighted by Crippen LogP contribution is -2.28. The van der Waals surface area contributed by atoms with Crippen LogP contribution in [-0.4, -0.2) is 36.1 Å². The maximum Gasteiger partial charge on any atom is 0.0635 e. The van der Waals surface area contributed by atoms with Gasteiger partial charge in [0, 0.05) is 31.9 Å². The SMILES string of the molecule is CCNCCCN(CCC#N)Cc1cccnc1. The van der Waals surface area contributed by atoms with Crippen LogP contribution in [0.4, 0.5) is 0 Å². The number of pyridine rings is 1. The molecule has 0 atom stereocenters. The normalized spacial score (nSPS) is 10.5. The average molecular weight is 246 g/mol. The molecule has 0 saturated heterocycles. The third-order valence-electron chi connectivity index (χ3n) is 2.75. The van der Waals surface area contributed by atoms with E-state index in [9.17, 15) is 0 Å². The molecule has 1 N–H and O–H groups in total. The van der Waals surface area contributed by atoms with Crippen LogP contribution < -0.4 is 5.32 Å². The van der Waals surface area contributed by atoms with E-state index in [1.165, 1.54) is 5.56 Å². The largest absolute Gasteiger partial charge is 0.317 e. The average Bonchev–Trinajstić information content (AvgIpc) is 2.41. The summed E-state index contributed by atoms with van der Waals surface area (Å²) in [6.07, 6.45) is 5.37. The predicted molar refractivity (Wildman–Crippen MR) is 72.9 cm³/mol. The van der Waals surface area contributed by atoms with E-state index < -0.39 is 0 Å². The van der Waals surface area contributed by atoms with Crippen molar-refractivity contribution in [3.63, 3.8) is 0 Å². The lowest BCUT2D eigenvalue weighted by molar-refractivity contribution is 0.267. The first-order valence-corrected chi connectivity index (χ1v) is 6.55. The molecule has 0 fully saturated rings. The Morgan fingerprint density at radius 2 is 2.33 bits per heavy atom. The second kappa shape index (κ2) is 9.58. The quantitative estimate of drug-likeness (QED) is 0.675. The van der Waals surface area contributed by atoms with Crippen LogP contribution in [0.25, 0.3) is 0 Å². The van der Waals surface area contributed by atoms with Gasteiger partial charge in [0.15, 0.2) is 0 Å². The lowest BCUT2D eigenvalue weighted by atomic mass is 10.2. The summed E-state index contributed by atoms with van der Waals surface area (Å²) in [6.45, 7) is 6.89. The Morgan fingerprint density at radius 3 is 3.00 bits per heavy atom. The Bertz CT molecular complexity index is 345. The molecule has 18 heavy (non-hydrogen) atoms. The molecular weight excluding hydrogens is 224 g/mol. The van der Waals surface area contributed by atoms with Crippen molar-refractivity contribution >= 4 is 0 Å². The van der Waals surface area contributed by atoms with Gasteiger partial charge in [-0.1, -0.05) is 13.0 Å². The van der Waals surface area contributed by atoms with Crippen molar-refractivity contribution < 1.29 is 0 Å². The number of hydrogen-bond donors (Lipinski definition) is 1. The number of nitrogens with zero attached hydrogens (tertiary/aromatic N) is 3. The fourth-order valence-electron chi connectivity index (χ4n) is 1.83. The Kier molecular flexibility index (Phi) is 7.78. The molecule has 0 aromatic carbocycles. The molecule has 4 nitrogen and oxygen atoms in total. The summed E-state index contributed by atoms with van der Waals surface area (Å²) >= 11 is 0. The minimum absolute atomic E-state index is 0.585. The molecule has 1 aromatic heterocycles. The molecule has 0 aliphatic carbocycles. The fraction of sp³-hybridized carbons (Fsp3) is 0.571. The molecule has 0 aliphatic heterocycles. The highest BCUT2D eigenvalue weighted by Crippen LogP contribution is 2.04. The molecule has 0 spiro atoms. The Labute approximate surface area is 110 Å². The highest BCUT2D eigenvalue weighted by molar-refractivity contribution is 5.08. The summed E-state index contributed by atoms with van der Waals surface area (Å²) < 4.78 is 0. The Hall–Kier alpha value is -1.44. The van der Waals surface area contributed by atoms with Crippen LogP contribution in [0.2, 0.25) is 0 Å². The highest BCUT2D eigenvalue weighted by Gasteiger charge is 2.05. The predicted octanol–water partition coefficient (Wildman–Crippen LogP) is 1.80. The zero-order valence-electron chi connectivity index (χ0n) is 11.1. The first-order valence-electron chi connectivity index (χ1n) is 6.55. The van der Waals surface area contributed by atoms with Gasteiger partial charge < -0.3 is 5.32 Å². The molecular formula is C14H22N4. The number of aromatic nitrogens is 1. The van der Waals surface area contributed by atoms with E-state index in [-0.39, 0.29) is 0 Å². The molecule has 0 saturated carbocycles. The monoisotopic (exact) mass is 246 g/mol. The third kappa shape index (κ3) is 6.33. The molecule has 0 unspecified atom stereocenters. The smallest absolute Gasteiger partial charge is 0.0635 e. The summed E-state index contributed by atoms with van der Waals surface area (Å²) in [5.74, 6) is 0. The Balaban J connectivity index is 2.37. The van der Waals surface area contributed by atoms with E-state index >= 15 is 0 Å². The maximum atomic E-state index is 8.69. The number of nitriles is 1. The van der Waals surface area contributed by atoms with Crippen molar-refractivity contribution in [3.8, 4) is 6.07 Å². The molecule has 1 aromatic rings. The van der Waals surface area contributed by atoms with Crippen LogP contribution >= 0.6 is 0 Å². The topological polar surface area (TPSA) is 52.0 Å². The fourth-order valence-corrected chi connectivity index (χ4v) is 1.83. The van der Waals surface area contributed by atoms with Crippen LogP contribution in [0.3, 0.4) is 0 Å². The van der Waals surface area contributed by atoms with Crippen molar-refractivity contribution in [2.75, 3.05) is 26.2 Å². The van der Waals surface area contributed by atoms with Gasteiger partial charge in [-0.05, 0) is 37.7 Å². The van der Waals surface area contributed by atoms with Gasteiger partial charge in [0.25, 0.3) is 0 Å². The van der Waals surface area contributed by atoms with E-state index in [0.717, 1.165) is 39.1 Å². The van der Waals surface area contributed by atoms with Gasteiger partial charge in [-0.3, -0.25) is 9.88 Å². The second-order valence-electron chi connectivity index (χ2n) is 4.25. The van der Waals surface area contributed by atoms with Crippen LogP contribution in [0.5, 0.6) is 0 Å². The molecule has 1 rings (SSSR count). The lowest BCUT2D eigenvalue weighted by Gasteiger charge is -2.21. The van der Waals surface area contributed by atoms with Crippen molar-refractivity contribution in [2.45, 2.75) is 26.3 Å². The van der Waals surface area contributed by atoms with Gasteiger partial charge in [0.2, 0.25) is 0 Å². The van der Waals surface area contributed by atoms with E-state index in [0.29, 0.717) is 6.42 Å². The first kappa shape index (κ1) is 14.6. The van der Waals surface area contributed by atoms with Gasteiger partial charge >= 0.3 is 0 Å². The molecule has 0 bridgehead atoms. The van der Waals surface area contributed by atoms with Crippen LogP contribution in [0.15, 0.2) is 24.5 Å². The number of nitrogens with one attached hydrogen (secondary N) is 1. The van der Waals surface area contributed by atoms with Gasteiger partial charge in [-0.2, -0.15) is 5.26 Å². The summed E-state index contributed by atoms with van der Waals surface area (Å²) in [7, 11) is 0. The van der Waals surface area contributed by atoms with Gasteiger partial charge in [-0.15, -0.1) is 0 Å². The summed E-state index contributed by atoms with van der Waals surface area (Å²) in [5, 5.41) is 12.0. The molecule has 0 amide bonds. The van der Waals surface area contributed by atoms with Crippen molar-refractivity contribution in [1.29, 1.82) is 5.26 Å².